The number of rotatable bonds is 2. The molecule has 0 unspecified atom stereocenters. The molecular formula is C44H23BN4S2. The lowest BCUT2D eigenvalue weighted by Gasteiger charge is -2.33. The Labute approximate surface area is 302 Å². The molecule has 234 valence electrons. The lowest BCUT2D eigenvalue weighted by atomic mass is 9.36. The highest BCUT2D eigenvalue weighted by molar-refractivity contribution is 8.01. The summed E-state index contributed by atoms with van der Waals surface area (Å²) >= 11 is 3.68. The molecule has 9 aromatic rings. The van der Waals surface area contributed by atoms with E-state index in [1.165, 1.54) is 36.0 Å². The zero-order valence-corrected chi connectivity index (χ0v) is 28.6. The van der Waals surface area contributed by atoms with Gasteiger partial charge < -0.3 is 9.13 Å². The summed E-state index contributed by atoms with van der Waals surface area (Å²) in [6, 6.07) is 51.8. The van der Waals surface area contributed by atoms with E-state index in [2.05, 4.69) is 135 Å². The molecule has 7 aromatic carbocycles. The first-order valence-electron chi connectivity index (χ1n) is 16.8. The highest BCUT2D eigenvalue weighted by Gasteiger charge is 2.38. The van der Waals surface area contributed by atoms with Crippen molar-refractivity contribution in [1.29, 1.82) is 5.26 Å². The zero-order valence-electron chi connectivity index (χ0n) is 27.0. The summed E-state index contributed by atoms with van der Waals surface area (Å²) < 4.78 is 4.53. The molecule has 2 aliphatic rings. The first-order chi connectivity index (χ1) is 25.2. The van der Waals surface area contributed by atoms with Crippen LogP contribution in [0.3, 0.4) is 0 Å². The molecule has 4 heterocycles. The number of nitriles is 1. The number of aromatic nitrogens is 2. The molecule has 0 fully saturated rings. The minimum absolute atomic E-state index is 0.0940. The normalized spacial score (nSPS) is 12.9. The van der Waals surface area contributed by atoms with Gasteiger partial charge in [-0.15, -0.1) is 0 Å². The van der Waals surface area contributed by atoms with Crippen molar-refractivity contribution in [2.24, 2.45) is 0 Å². The Hall–Kier alpha value is -6.12. The quantitative estimate of drug-likeness (QED) is 0.135. The SMILES string of the molecule is [C-]#[N+]c1cccc2c3ccccc3n(-c3ccc4c(c3)Sc3cccc5c3B4c3ccc(-n4c6ccccc6c6cccc(C#N)c64)cc3S5)c12. The predicted molar refractivity (Wildman–Crippen MR) is 212 cm³/mol. The summed E-state index contributed by atoms with van der Waals surface area (Å²) in [5.41, 5.74) is 11.5. The number of para-hydroxylation sites is 4. The van der Waals surface area contributed by atoms with E-state index in [-0.39, 0.29) is 6.71 Å². The Kier molecular flexibility index (Phi) is 6.02. The van der Waals surface area contributed by atoms with Crippen LogP contribution in [0.5, 0.6) is 0 Å². The van der Waals surface area contributed by atoms with E-state index in [1.807, 2.05) is 47.8 Å². The molecule has 2 aromatic heterocycles. The highest BCUT2D eigenvalue weighted by Crippen LogP contribution is 2.42. The van der Waals surface area contributed by atoms with Gasteiger partial charge in [0.25, 0.3) is 0 Å². The summed E-state index contributed by atoms with van der Waals surface area (Å²) in [5, 5.41) is 14.6. The van der Waals surface area contributed by atoms with Crippen LogP contribution in [-0.4, -0.2) is 15.8 Å². The number of hydrogen-bond donors (Lipinski definition) is 0. The topological polar surface area (TPSA) is 38.0 Å². The fraction of sp³-hybridized carbons (Fsp3) is 0. The molecular weight excluding hydrogens is 659 g/mol. The minimum atomic E-state index is 0.0940. The third kappa shape index (κ3) is 3.93. The van der Waals surface area contributed by atoms with E-state index < -0.39 is 0 Å². The van der Waals surface area contributed by atoms with Crippen molar-refractivity contribution >= 4 is 95.9 Å². The second-order valence-electron chi connectivity index (χ2n) is 13.1. The summed E-state index contributed by atoms with van der Waals surface area (Å²) in [5.74, 6) is 0. The monoisotopic (exact) mass is 682 g/mol. The molecule has 7 heteroatoms. The van der Waals surface area contributed by atoms with Crippen molar-refractivity contribution in [3.63, 3.8) is 0 Å². The molecule has 0 aliphatic carbocycles. The first kappa shape index (κ1) is 28.7. The van der Waals surface area contributed by atoms with Crippen LogP contribution < -0.4 is 16.4 Å². The van der Waals surface area contributed by atoms with Crippen LogP contribution in [-0.2, 0) is 0 Å². The molecule has 0 spiro atoms. The lowest BCUT2D eigenvalue weighted by Crippen LogP contribution is -2.58. The maximum absolute atomic E-state index is 10.2. The van der Waals surface area contributed by atoms with E-state index in [0.29, 0.717) is 11.3 Å². The van der Waals surface area contributed by atoms with Crippen molar-refractivity contribution in [2.75, 3.05) is 0 Å². The van der Waals surface area contributed by atoms with Crippen LogP contribution in [0.2, 0.25) is 0 Å². The van der Waals surface area contributed by atoms with Crippen molar-refractivity contribution in [2.45, 2.75) is 19.6 Å². The average Bonchev–Trinajstić information content (AvgIpc) is 3.71. The zero-order chi connectivity index (χ0) is 33.8. The number of hydrogen-bond acceptors (Lipinski definition) is 3. The fourth-order valence-electron chi connectivity index (χ4n) is 8.42. The van der Waals surface area contributed by atoms with Gasteiger partial charge in [0.1, 0.15) is 6.07 Å². The van der Waals surface area contributed by atoms with Crippen LogP contribution in [0, 0.1) is 17.9 Å². The van der Waals surface area contributed by atoms with Gasteiger partial charge in [0, 0.05) is 47.1 Å². The largest absolute Gasteiger partial charge is 0.319 e. The first-order valence-corrected chi connectivity index (χ1v) is 18.4. The summed E-state index contributed by atoms with van der Waals surface area (Å²) in [6.07, 6.45) is 0. The molecule has 0 amide bonds. The van der Waals surface area contributed by atoms with Crippen LogP contribution >= 0.6 is 23.5 Å². The molecule has 0 atom stereocenters. The van der Waals surface area contributed by atoms with Crippen LogP contribution in [0.4, 0.5) is 5.69 Å². The third-order valence-electron chi connectivity index (χ3n) is 10.5. The van der Waals surface area contributed by atoms with Gasteiger partial charge in [0.05, 0.1) is 34.2 Å². The Morgan fingerprint density at radius 3 is 1.69 bits per heavy atom. The van der Waals surface area contributed by atoms with E-state index >= 15 is 0 Å². The molecule has 11 rings (SSSR count). The number of nitrogens with zero attached hydrogens (tertiary/aromatic N) is 4. The van der Waals surface area contributed by atoms with Crippen molar-refractivity contribution < 1.29 is 0 Å². The van der Waals surface area contributed by atoms with Gasteiger partial charge >= 0.3 is 0 Å². The summed E-state index contributed by atoms with van der Waals surface area (Å²) in [7, 11) is 0. The molecule has 0 saturated carbocycles. The van der Waals surface area contributed by atoms with Gasteiger partial charge in [-0.2, -0.15) is 5.26 Å². The van der Waals surface area contributed by atoms with Crippen LogP contribution in [0.25, 0.3) is 59.8 Å². The van der Waals surface area contributed by atoms with Crippen molar-refractivity contribution in [1.82, 2.24) is 9.13 Å². The molecule has 0 N–H and O–H groups in total. The summed E-state index contributed by atoms with van der Waals surface area (Å²) in [6.45, 7) is 8.08. The smallest absolute Gasteiger partial charge is 0.247 e. The number of benzene rings is 7. The van der Waals surface area contributed by atoms with Gasteiger partial charge in [0.15, 0.2) is 0 Å². The van der Waals surface area contributed by atoms with Crippen LogP contribution in [0.1, 0.15) is 5.56 Å². The Balaban J connectivity index is 1.11. The van der Waals surface area contributed by atoms with Crippen molar-refractivity contribution in [3.05, 3.63) is 157 Å². The molecule has 0 radical (unpaired) electrons. The Morgan fingerprint density at radius 1 is 0.549 bits per heavy atom. The van der Waals surface area contributed by atoms with E-state index in [4.69, 9.17) is 6.57 Å². The molecule has 51 heavy (non-hydrogen) atoms. The van der Waals surface area contributed by atoms with Crippen LogP contribution in [0.15, 0.2) is 159 Å². The third-order valence-corrected chi connectivity index (χ3v) is 12.8. The van der Waals surface area contributed by atoms with Gasteiger partial charge in [-0.25, -0.2) is 4.85 Å². The predicted octanol–water partition coefficient (Wildman–Crippen LogP) is 9.75. The van der Waals surface area contributed by atoms with E-state index in [0.717, 1.165) is 55.0 Å². The van der Waals surface area contributed by atoms with Crippen molar-refractivity contribution in [3.8, 4) is 17.4 Å². The average molecular weight is 683 g/mol. The van der Waals surface area contributed by atoms with E-state index in [1.54, 1.807) is 0 Å². The highest BCUT2D eigenvalue weighted by atomic mass is 32.2. The fourth-order valence-corrected chi connectivity index (χ4v) is 10.9. The van der Waals surface area contributed by atoms with Gasteiger partial charge in [-0.3, -0.25) is 0 Å². The molecule has 2 aliphatic heterocycles. The lowest BCUT2D eigenvalue weighted by molar-refractivity contribution is 1.16. The standard InChI is InChI=1S/C44H23BN4S2/c1-47-35-14-7-13-32-30-11-3-5-16-37(30)49(44(32)35)28-20-22-34-41(24-28)51-39-18-8-17-38-42(39)45(34)33-21-19-27(23-40(33)50-38)48-36-15-4-2-10-29(36)31-12-6-9-26(25-46)43(31)48/h2-24H. The maximum atomic E-state index is 10.2. The minimum Gasteiger partial charge on any atom is -0.319 e. The summed E-state index contributed by atoms with van der Waals surface area (Å²) in [4.78, 5) is 8.97. The maximum Gasteiger partial charge on any atom is 0.247 e. The Morgan fingerprint density at radius 2 is 1.08 bits per heavy atom. The molecule has 0 saturated heterocycles. The van der Waals surface area contributed by atoms with Gasteiger partial charge in [-0.05, 0) is 65.4 Å². The van der Waals surface area contributed by atoms with E-state index in [9.17, 15) is 5.26 Å². The van der Waals surface area contributed by atoms with Gasteiger partial charge in [0.2, 0.25) is 12.4 Å². The van der Waals surface area contributed by atoms with Gasteiger partial charge in [-0.1, -0.05) is 119 Å². The molecule has 0 bridgehead atoms. The number of fused-ring (bicyclic) bond motifs is 10. The second-order valence-corrected chi connectivity index (χ2v) is 15.2. The molecule has 4 nitrogen and oxygen atoms in total. The Bertz CT molecular complexity index is 2880. The second kappa shape index (κ2) is 10.7.